The number of hydrogen-bond donors (Lipinski definition) is 0. The molecule has 0 spiro atoms. The fraction of sp³-hybridized carbons (Fsp3) is 0.516. The molecule has 4 heteroatoms. The first-order chi connectivity index (χ1) is 32.6. The molecule has 356 valence electrons. The number of rotatable bonds is 34. The Morgan fingerprint density at radius 2 is 0.636 bits per heavy atom. The molecular formula is C62H84S4. The van der Waals surface area contributed by atoms with Gasteiger partial charge >= 0.3 is 0 Å². The second kappa shape index (κ2) is 30.5. The predicted molar refractivity (Wildman–Crippen MR) is 303 cm³/mol. The van der Waals surface area contributed by atoms with Crippen molar-refractivity contribution < 1.29 is 0 Å². The van der Waals surface area contributed by atoms with Gasteiger partial charge in [-0.1, -0.05) is 217 Å². The number of aryl methyl sites for hydroxylation is 4. The second-order valence-corrected chi connectivity index (χ2v) is 23.6. The average molecular weight is 958 g/mol. The highest BCUT2D eigenvalue weighted by Gasteiger charge is 2.16. The monoisotopic (exact) mass is 957 g/mol. The van der Waals surface area contributed by atoms with E-state index in [-0.39, 0.29) is 0 Å². The lowest BCUT2D eigenvalue weighted by atomic mass is 10.0. The molecule has 4 heterocycles. The molecule has 6 rings (SSSR count). The summed E-state index contributed by atoms with van der Waals surface area (Å²) >= 11 is 8.07. The molecule has 0 bridgehead atoms. The van der Waals surface area contributed by atoms with E-state index in [4.69, 9.17) is 0 Å². The molecule has 2 aromatic carbocycles. The molecule has 0 amide bonds. The van der Waals surface area contributed by atoms with Gasteiger partial charge < -0.3 is 0 Å². The van der Waals surface area contributed by atoms with Crippen molar-refractivity contribution in [3.8, 4) is 40.4 Å². The van der Waals surface area contributed by atoms with Gasteiger partial charge in [-0.15, -0.1) is 45.3 Å². The zero-order valence-corrected chi connectivity index (χ0v) is 44.9. The van der Waals surface area contributed by atoms with Gasteiger partial charge in [0.2, 0.25) is 0 Å². The highest BCUT2D eigenvalue weighted by atomic mass is 32.1. The lowest BCUT2D eigenvalue weighted by molar-refractivity contribution is 0.557. The Bertz CT molecular complexity index is 2060. The van der Waals surface area contributed by atoms with E-state index in [2.05, 4.69) is 125 Å². The fourth-order valence-corrected chi connectivity index (χ4v) is 14.0. The zero-order chi connectivity index (χ0) is 46.0. The molecule has 0 unspecified atom stereocenters. The van der Waals surface area contributed by atoms with Crippen molar-refractivity contribution in [3.63, 3.8) is 0 Å². The van der Waals surface area contributed by atoms with Gasteiger partial charge in [-0.25, -0.2) is 0 Å². The van der Waals surface area contributed by atoms with Crippen LogP contribution in [0.15, 0.2) is 84.9 Å². The second-order valence-electron chi connectivity index (χ2n) is 19.1. The summed E-state index contributed by atoms with van der Waals surface area (Å²) in [6, 6.07) is 33.1. The van der Waals surface area contributed by atoms with Crippen LogP contribution in [0.2, 0.25) is 0 Å². The first kappa shape index (κ1) is 52.4. The molecule has 0 nitrogen and oxygen atoms in total. The molecule has 6 aromatic rings. The van der Waals surface area contributed by atoms with Crippen LogP contribution in [0.1, 0.15) is 214 Å². The van der Waals surface area contributed by atoms with Crippen molar-refractivity contribution in [3.05, 3.63) is 117 Å². The molecule has 0 fully saturated rings. The summed E-state index contributed by atoms with van der Waals surface area (Å²) in [6.45, 7) is 9.23. The molecule has 4 aromatic heterocycles. The minimum Gasteiger partial charge on any atom is -0.139 e. The maximum atomic E-state index is 2.49. The van der Waals surface area contributed by atoms with Crippen LogP contribution in [0.3, 0.4) is 0 Å². The quantitative estimate of drug-likeness (QED) is 0.0279. The highest BCUT2D eigenvalue weighted by molar-refractivity contribution is 7.24. The van der Waals surface area contributed by atoms with Crippen LogP contribution in [0.25, 0.3) is 52.5 Å². The third-order valence-electron chi connectivity index (χ3n) is 13.4. The van der Waals surface area contributed by atoms with Crippen LogP contribution in [0.4, 0.5) is 0 Å². The van der Waals surface area contributed by atoms with Crippen LogP contribution in [-0.4, -0.2) is 0 Å². The van der Waals surface area contributed by atoms with E-state index in [1.165, 1.54) is 230 Å². The molecule has 0 saturated heterocycles. The SMILES string of the molecule is CCCCCCCCCCCCc1ccc(-c2sc(-c3ccc(C=Cc4ccc(-c5cc(CCCC)c(-c6ccc(CCCCCCCCCCCC)s6)s5)cc4)cc3)cc2CCCC)s1. The molecule has 0 aliphatic carbocycles. The first-order valence-electron chi connectivity index (χ1n) is 26.9. The van der Waals surface area contributed by atoms with Gasteiger partial charge in [-0.3, -0.25) is 0 Å². The van der Waals surface area contributed by atoms with Crippen LogP contribution in [0, 0.1) is 0 Å². The summed E-state index contributed by atoms with van der Waals surface area (Å²) in [4.78, 5) is 11.8. The Morgan fingerprint density at radius 3 is 0.985 bits per heavy atom. The summed E-state index contributed by atoms with van der Waals surface area (Å²) in [5, 5.41) is 0. The summed E-state index contributed by atoms with van der Waals surface area (Å²) in [7, 11) is 0. The van der Waals surface area contributed by atoms with Crippen molar-refractivity contribution in [1.29, 1.82) is 0 Å². The van der Waals surface area contributed by atoms with E-state index < -0.39 is 0 Å². The molecule has 0 saturated carbocycles. The van der Waals surface area contributed by atoms with E-state index in [9.17, 15) is 0 Å². The standard InChI is InChI=1S/C62H84S4/c1-5-9-13-15-17-19-21-23-25-27-31-55-43-45-57(63-55)61-53(29-11-7-3)47-59(65-61)51-39-35-49(36-40-51)33-34-50-37-41-52(42-38-50)60-48-54(30-12-8-4)62(66-60)58-46-44-56(64-58)32-28-26-24-22-20-18-16-14-10-6-2/h33-48H,5-32H2,1-4H3. The third kappa shape index (κ3) is 17.5. The van der Waals surface area contributed by atoms with Crippen LogP contribution >= 0.6 is 45.3 Å². The van der Waals surface area contributed by atoms with Crippen molar-refractivity contribution in [2.75, 3.05) is 0 Å². The number of unbranched alkanes of at least 4 members (excludes halogenated alkanes) is 20. The van der Waals surface area contributed by atoms with Crippen LogP contribution in [-0.2, 0) is 25.7 Å². The van der Waals surface area contributed by atoms with Crippen molar-refractivity contribution in [2.24, 2.45) is 0 Å². The van der Waals surface area contributed by atoms with Crippen molar-refractivity contribution in [2.45, 2.75) is 207 Å². The Labute approximate surface area is 419 Å². The average Bonchev–Trinajstić information content (AvgIpc) is 4.18. The van der Waals surface area contributed by atoms with E-state index in [1.807, 2.05) is 45.3 Å². The smallest absolute Gasteiger partial charge is 0.0481 e. The summed E-state index contributed by atoms with van der Waals surface area (Å²) in [6.07, 6.45) is 42.3. The van der Waals surface area contributed by atoms with Gasteiger partial charge in [0.05, 0.1) is 0 Å². The Morgan fingerprint density at radius 1 is 0.303 bits per heavy atom. The van der Waals surface area contributed by atoms with Crippen molar-refractivity contribution >= 4 is 57.5 Å². The van der Waals surface area contributed by atoms with Gasteiger partial charge in [0.1, 0.15) is 0 Å². The predicted octanol–water partition coefficient (Wildman–Crippen LogP) is 22.4. The van der Waals surface area contributed by atoms with Gasteiger partial charge in [0.15, 0.2) is 0 Å². The molecule has 66 heavy (non-hydrogen) atoms. The number of hydrogen-bond acceptors (Lipinski definition) is 4. The van der Waals surface area contributed by atoms with Crippen LogP contribution < -0.4 is 0 Å². The molecule has 0 N–H and O–H groups in total. The molecule has 0 atom stereocenters. The molecule has 0 aliphatic heterocycles. The largest absolute Gasteiger partial charge is 0.139 e. The number of benzene rings is 2. The summed E-state index contributed by atoms with van der Waals surface area (Å²) in [5.74, 6) is 0. The van der Waals surface area contributed by atoms with E-state index in [0.717, 1.165) is 12.8 Å². The van der Waals surface area contributed by atoms with Gasteiger partial charge in [0.25, 0.3) is 0 Å². The summed E-state index contributed by atoms with van der Waals surface area (Å²) < 4.78 is 0. The fourth-order valence-electron chi connectivity index (χ4n) is 9.22. The van der Waals surface area contributed by atoms with Gasteiger partial charge in [-0.2, -0.15) is 0 Å². The maximum absolute atomic E-state index is 2.49. The lowest BCUT2D eigenvalue weighted by Gasteiger charge is -2.02. The zero-order valence-electron chi connectivity index (χ0n) is 41.7. The van der Waals surface area contributed by atoms with E-state index >= 15 is 0 Å². The highest BCUT2D eigenvalue weighted by Crippen LogP contribution is 2.44. The Hall–Kier alpha value is -3.02. The Kier molecular flexibility index (Phi) is 24.2. The minimum absolute atomic E-state index is 1.16. The Balaban J connectivity index is 1.01. The lowest BCUT2D eigenvalue weighted by Crippen LogP contribution is -1.84. The molecule has 0 radical (unpaired) electrons. The number of thiophene rings is 4. The normalized spacial score (nSPS) is 11.8. The molecular weight excluding hydrogens is 873 g/mol. The maximum Gasteiger partial charge on any atom is 0.0481 e. The third-order valence-corrected chi connectivity index (χ3v) is 18.5. The van der Waals surface area contributed by atoms with Gasteiger partial charge in [0, 0.05) is 39.0 Å². The first-order valence-corrected chi connectivity index (χ1v) is 30.2. The minimum atomic E-state index is 1.16. The topological polar surface area (TPSA) is 0 Å². The summed E-state index contributed by atoms with van der Waals surface area (Å²) in [5.41, 5.74) is 8.20. The van der Waals surface area contributed by atoms with E-state index in [1.54, 1.807) is 9.75 Å². The molecule has 0 aliphatic rings. The van der Waals surface area contributed by atoms with Crippen LogP contribution in [0.5, 0.6) is 0 Å². The van der Waals surface area contributed by atoms with E-state index in [0.29, 0.717) is 0 Å². The van der Waals surface area contributed by atoms with Gasteiger partial charge in [-0.05, 0) is 121 Å². The van der Waals surface area contributed by atoms with Crippen molar-refractivity contribution in [1.82, 2.24) is 0 Å².